The minimum absolute atomic E-state index is 0.405. The molecule has 0 saturated carbocycles. The van der Waals surface area contributed by atoms with Crippen molar-refractivity contribution in [2.24, 2.45) is 5.92 Å². The molecule has 20 heavy (non-hydrogen) atoms. The minimum atomic E-state index is 0.405. The molecule has 0 amide bonds. The number of ether oxygens (including phenoxy) is 1. The fraction of sp³-hybridized carbons (Fsp3) is 0.600. The van der Waals surface area contributed by atoms with Gasteiger partial charge in [-0.1, -0.05) is 13.8 Å². The number of aromatic nitrogens is 3. The first kappa shape index (κ1) is 15.3. The summed E-state index contributed by atoms with van der Waals surface area (Å²) >= 11 is 6.00. The Morgan fingerprint density at radius 2 is 2.20 bits per heavy atom. The lowest BCUT2D eigenvalue weighted by molar-refractivity contribution is 0.105. The Hall–Kier alpha value is -1.13. The molecule has 0 fully saturated rings. The molecule has 0 saturated heterocycles. The van der Waals surface area contributed by atoms with Crippen LogP contribution in [0, 0.1) is 12.8 Å². The molecular weight excluding hydrogens is 274 g/mol. The molecule has 0 bridgehead atoms. The zero-order valence-electron chi connectivity index (χ0n) is 12.4. The van der Waals surface area contributed by atoms with Crippen LogP contribution in [0.5, 0.6) is 0 Å². The predicted molar refractivity (Wildman–Crippen MR) is 82.1 cm³/mol. The second-order valence-corrected chi connectivity index (χ2v) is 5.70. The van der Waals surface area contributed by atoms with E-state index in [1.54, 1.807) is 0 Å². The molecule has 110 valence electrons. The van der Waals surface area contributed by atoms with E-state index in [0.717, 1.165) is 48.7 Å². The molecule has 5 heteroatoms. The van der Waals surface area contributed by atoms with Gasteiger partial charge in [-0.15, -0.1) is 11.6 Å². The Morgan fingerprint density at radius 1 is 1.40 bits per heavy atom. The smallest absolute Gasteiger partial charge is 0.160 e. The van der Waals surface area contributed by atoms with E-state index in [2.05, 4.69) is 28.4 Å². The Balaban J connectivity index is 2.07. The lowest BCUT2D eigenvalue weighted by Crippen LogP contribution is -2.08. The zero-order valence-corrected chi connectivity index (χ0v) is 13.2. The van der Waals surface area contributed by atoms with E-state index in [4.69, 9.17) is 16.3 Å². The van der Waals surface area contributed by atoms with Crippen molar-refractivity contribution in [3.8, 4) is 0 Å². The number of halogens is 1. The van der Waals surface area contributed by atoms with Crippen LogP contribution in [0.4, 0.5) is 0 Å². The van der Waals surface area contributed by atoms with Crippen molar-refractivity contribution in [2.75, 3.05) is 13.2 Å². The van der Waals surface area contributed by atoms with E-state index in [9.17, 15) is 0 Å². The summed E-state index contributed by atoms with van der Waals surface area (Å²) in [5.74, 6) is 1.86. The molecule has 0 unspecified atom stereocenters. The van der Waals surface area contributed by atoms with Crippen molar-refractivity contribution in [1.82, 2.24) is 14.5 Å². The van der Waals surface area contributed by atoms with Gasteiger partial charge in [0.05, 0.1) is 5.88 Å². The highest BCUT2D eigenvalue weighted by atomic mass is 35.5. The molecule has 0 aliphatic heterocycles. The van der Waals surface area contributed by atoms with E-state index < -0.39 is 0 Å². The van der Waals surface area contributed by atoms with Gasteiger partial charge in [0.15, 0.2) is 5.65 Å². The summed E-state index contributed by atoms with van der Waals surface area (Å²) < 4.78 is 7.72. The summed E-state index contributed by atoms with van der Waals surface area (Å²) in [6.07, 6.45) is 2.76. The molecule has 0 spiro atoms. The van der Waals surface area contributed by atoms with E-state index >= 15 is 0 Å². The van der Waals surface area contributed by atoms with Crippen molar-refractivity contribution in [1.29, 1.82) is 0 Å². The quantitative estimate of drug-likeness (QED) is 0.579. The van der Waals surface area contributed by atoms with E-state index in [1.807, 2.05) is 19.2 Å². The summed E-state index contributed by atoms with van der Waals surface area (Å²) in [4.78, 5) is 9.02. The zero-order chi connectivity index (χ0) is 14.5. The van der Waals surface area contributed by atoms with Crippen molar-refractivity contribution < 1.29 is 4.74 Å². The van der Waals surface area contributed by atoms with Crippen LogP contribution in [0.1, 0.15) is 31.7 Å². The maximum atomic E-state index is 6.00. The second kappa shape index (κ2) is 7.04. The maximum absolute atomic E-state index is 6.00. The number of imidazole rings is 1. The van der Waals surface area contributed by atoms with Crippen LogP contribution < -0.4 is 0 Å². The van der Waals surface area contributed by atoms with Crippen LogP contribution in [0.3, 0.4) is 0 Å². The monoisotopic (exact) mass is 295 g/mol. The number of fused-ring (bicyclic) bond motifs is 1. The second-order valence-electron chi connectivity index (χ2n) is 5.44. The van der Waals surface area contributed by atoms with Gasteiger partial charge in [0.1, 0.15) is 11.3 Å². The molecule has 2 heterocycles. The fourth-order valence-electron chi connectivity index (χ4n) is 2.16. The Kier molecular flexibility index (Phi) is 5.38. The van der Waals surface area contributed by atoms with Crippen LogP contribution in [-0.2, 0) is 17.2 Å². The highest BCUT2D eigenvalue weighted by Crippen LogP contribution is 2.19. The third-order valence-corrected chi connectivity index (χ3v) is 3.39. The highest BCUT2D eigenvalue weighted by Gasteiger charge is 2.12. The highest BCUT2D eigenvalue weighted by molar-refractivity contribution is 6.16. The van der Waals surface area contributed by atoms with Gasteiger partial charge in [-0.2, -0.15) is 0 Å². The number of hydrogen-bond donors (Lipinski definition) is 0. The summed E-state index contributed by atoms with van der Waals surface area (Å²) in [5, 5.41) is 0. The first-order chi connectivity index (χ1) is 9.63. The fourth-order valence-corrected chi connectivity index (χ4v) is 2.37. The van der Waals surface area contributed by atoms with Gasteiger partial charge < -0.3 is 9.30 Å². The van der Waals surface area contributed by atoms with Crippen molar-refractivity contribution in [2.45, 2.75) is 39.6 Å². The first-order valence-corrected chi connectivity index (χ1v) is 7.61. The molecule has 0 aliphatic rings. The number of alkyl halides is 1. The average molecular weight is 296 g/mol. The van der Waals surface area contributed by atoms with E-state index in [0.29, 0.717) is 11.8 Å². The molecule has 0 aromatic carbocycles. The lowest BCUT2D eigenvalue weighted by Gasteiger charge is -2.09. The van der Waals surface area contributed by atoms with Crippen molar-refractivity contribution in [3.05, 3.63) is 23.7 Å². The summed E-state index contributed by atoms with van der Waals surface area (Å²) in [6, 6.07) is 1.98. The number of aryl methyl sites for hydroxylation is 2. The average Bonchev–Trinajstić information content (AvgIpc) is 2.78. The largest absolute Gasteiger partial charge is 0.381 e. The summed E-state index contributed by atoms with van der Waals surface area (Å²) in [5.41, 5.74) is 3.01. The Labute approximate surface area is 125 Å². The molecule has 0 aliphatic carbocycles. The lowest BCUT2D eigenvalue weighted by atomic mass is 10.2. The van der Waals surface area contributed by atoms with Gasteiger partial charge in [0, 0.05) is 26.0 Å². The molecule has 2 aromatic rings. The molecule has 2 rings (SSSR count). The third kappa shape index (κ3) is 3.49. The molecule has 4 nitrogen and oxygen atoms in total. The SMILES string of the molecule is Cc1ccnc2c1nc(CCl)n2CCCOCC(C)C. The molecule has 0 radical (unpaired) electrons. The molecular formula is C15H22ClN3O. The first-order valence-electron chi connectivity index (χ1n) is 7.08. The van der Waals surface area contributed by atoms with Gasteiger partial charge in [-0.3, -0.25) is 0 Å². The van der Waals surface area contributed by atoms with E-state index in [-0.39, 0.29) is 0 Å². The summed E-state index contributed by atoms with van der Waals surface area (Å²) in [7, 11) is 0. The Morgan fingerprint density at radius 3 is 2.90 bits per heavy atom. The normalized spacial score (nSPS) is 11.7. The van der Waals surface area contributed by atoms with Crippen LogP contribution >= 0.6 is 11.6 Å². The maximum Gasteiger partial charge on any atom is 0.160 e. The molecule has 0 atom stereocenters. The molecule has 2 aromatic heterocycles. The topological polar surface area (TPSA) is 39.9 Å². The Bertz CT molecular complexity index is 565. The minimum Gasteiger partial charge on any atom is -0.381 e. The van der Waals surface area contributed by atoms with Gasteiger partial charge >= 0.3 is 0 Å². The van der Waals surface area contributed by atoms with E-state index in [1.165, 1.54) is 0 Å². The van der Waals surface area contributed by atoms with Gasteiger partial charge in [-0.05, 0) is 30.9 Å². The van der Waals surface area contributed by atoms with Crippen LogP contribution in [-0.4, -0.2) is 27.7 Å². The van der Waals surface area contributed by atoms with Gasteiger partial charge in [-0.25, -0.2) is 9.97 Å². The third-order valence-electron chi connectivity index (χ3n) is 3.16. The predicted octanol–water partition coefficient (Wildman–Crippen LogP) is 3.54. The standard InChI is InChI=1S/C15H22ClN3O/c1-11(2)10-20-8-4-7-19-13(9-16)18-14-12(3)5-6-17-15(14)19/h5-6,11H,4,7-10H2,1-3H3. The van der Waals surface area contributed by atoms with Crippen LogP contribution in [0.25, 0.3) is 11.2 Å². The van der Waals surface area contributed by atoms with Crippen LogP contribution in [0.2, 0.25) is 0 Å². The number of pyridine rings is 1. The number of nitrogens with zero attached hydrogens (tertiary/aromatic N) is 3. The number of rotatable bonds is 7. The van der Waals surface area contributed by atoms with Crippen molar-refractivity contribution in [3.63, 3.8) is 0 Å². The van der Waals surface area contributed by atoms with Gasteiger partial charge in [0.25, 0.3) is 0 Å². The molecule has 0 N–H and O–H groups in total. The van der Waals surface area contributed by atoms with Crippen LogP contribution in [0.15, 0.2) is 12.3 Å². The summed E-state index contributed by atoms with van der Waals surface area (Å²) in [6.45, 7) is 8.76. The van der Waals surface area contributed by atoms with Gasteiger partial charge in [0.2, 0.25) is 0 Å². The van der Waals surface area contributed by atoms with Crippen molar-refractivity contribution >= 4 is 22.8 Å². The number of hydrogen-bond acceptors (Lipinski definition) is 3.